The molecule has 0 radical (unpaired) electrons. The van der Waals surface area contributed by atoms with Crippen LogP contribution >= 0.6 is 0 Å². The highest BCUT2D eigenvalue weighted by Gasteiger charge is 2.57. The van der Waals surface area contributed by atoms with E-state index in [4.69, 9.17) is 4.84 Å². The fourth-order valence-electron chi connectivity index (χ4n) is 3.26. The molecule has 0 saturated carbocycles. The van der Waals surface area contributed by atoms with Gasteiger partial charge in [-0.2, -0.15) is 5.06 Å². The molecule has 78 valence electrons. The number of hydroxylamine groups is 2. The maximum atomic E-state index is 11.5. The molecule has 0 aliphatic carbocycles. The monoisotopic (exact) mass is 197 g/mol. The highest BCUT2D eigenvalue weighted by Crippen LogP contribution is 2.45. The number of nitrogens with zero attached hydrogens (tertiary/aromatic N) is 1. The summed E-state index contributed by atoms with van der Waals surface area (Å²) >= 11 is 0. The number of hydrogen-bond donors (Lipinski definition) is 1. The van der Waals surface area contributed by atoms with Crippen LogP contribution in [0, 0.1) is 5.92 Å². The minimum absolute atomic E-state index is 0.0995. The predicted octanol–water partition coefficient (Wildman–Crippen LogP) is 0.103. The summed E-state index contributed by atoms with van der Waals surface area (Å²) in [5.74, 6) is 0.0570. The van der Waals surface area contributed by atoms with E-state index in [1.807, 2.05) is 5.06 Å². The fraction of sp³-hybridized carbons (Fsp3) is 0.900. The van der Waals surface area contributed by atoms with Crippen molar-refractivity contribution < 1.29 is 14.7 Å². The van der Waals surface area contributed by atoms with Gasteiger partial charge < -0.3 is 5.11 Å². The van der Waals surface area contributed by atoms with Crippen molar-refractivity contribution in [1.29, 1.82) is 0 Å². The van der Waals surface area contributed by atoms with Gasteiger partial charge in [0.2, 0.25) is 0 Å². The van der Waals surface area contributed by atoms with Crippen molar-refractivity contribution in [2.75, 3.05) is 0 Å². The Balaban J connectivity index is 1.96. The van der Waals surface area contributed by atoms with Gasteiger partial charge in [0, 0.05) is 12.1 Å². The van der Waals surface area contributed by atoms with Crippen molar-refractivity contribution in [1.82, 2.24) is 5.06 Å². The first kappa shape index (κ1) is 8.83. The minimum Gasteiger partial charge on any atom is -0.390 e. The van der Waals surface area contributed by atoms with Gasteiger partial charge in [-0.05, 0) is 26.2 Å². The zero-order chi connectivity index (χ0) is 9.87. The average Bonchev–Trinajstić information content (AvgIpc) is 2.60. The molecule has 3 saturated heterocycles. The van der Waals surface area contributed by atoms with E-state index in [1.165, 1.54) is 0 Å². The van der Waals surface area contributed by atoms with Gasteiger partial charge in [-0.3, -0.25) is 9.63 Å². The molecule has 1 N–H and O–H groups in total. The van der Waals surface area contributed by atoms with Gasteiger partial charge in [-0.15, -0.1) is 0 Å². The number of hydrogen-bond acceptors (Lipinski definition) is 4. The lowest BCUT2D eigenvalue weighted by molar-refractivity contribution is -0.231. The summed E-state index contributed by atoms with van der Waals surface area (Å²) in [4.78, 5) is 17.1. The number of rotatable bonds is 1. The number of carbonyl (C=O) groups is 1. The molecule has 0 aromatic rings. The topological polar surface area (TPSA) is 49.8 Å². The third-order valence-electron chi connectivity index (χ3n) is 3.86. The Morgan fingerprint density at radius 2 is 2.29 bits per heavy atom. The molecule has 3 aliphatic rings. The molecule has 0 spiro atoms. The highest BCUT2D eigenvalue weighted by molar-refractivity contribution is 5.80. The Morgan fingerprint density at radius 1 is 1.50 bits per heavy atom. The van der Waals surface area contributed by atoms with Gasteiger partial charge >= 0.3 is 0 Å². The quantitative estimate of drug-likeness (QED) is 0.648. The maximum Gasteiger partial charge on any atom is 0.137 e. The Labute approximate surface area is 82.8 Å². The standard InChI is InChI=1S/C10H15NO3/c1-5(12)9-7-3-2-6-4-8(13)10(9)14-11(6)7/h6-10,13H,2-4H2,1H3. The van der Waals surface area contributed by atoms with Gasteiger partial charge in [0.05, 0.1) is 12.0 Å². The second-order valence-corrected chi connectivity index (χ2v) is 4.67. The molecule has 4 nitrogen and oxygen atoms in total. The molecule has 4 heteroatoms. The van der Waals surface area contributed by atoms with Gasteiger partial charge in [0.1, 0.15) is 11.9 Å². The molecule has 0 aromatic carbocycles. The lowest BCUT2D eigenvalue weighted by Crippen LogP contribution is -2.43. The van der Waals surface area contributed by atoms with Gasteiger partial charge in [0.25, 0.3) is 0 Å². The Kier molecular flexibility index (Phi) is 1.75. The Bertz CT molecular complexity index is 279. The number of fused-ring (bicyclic) bond motifs is 1. The SMILES string of the molecule is CC(=O)C1C2ON3C(CCC13)CC2O. The van der Waals surface area contributed by atoms with Crippen molar-refractivity contribution in [3.05, 3.63) is 0 Å². The number of ketones is 1. The molecule has 0 aromatic heterocycles. The highest BCUT2D eigenvalue weighted by atomic mass is 16.7. The van der Waals surface area contributed by atoms with E-state index in [-0.39, 0.29) is 23.8 Å². The van der Waals surface area contributed by atoms with E-state index in [9.17, 15) is 9.90 Å². The zero-order valence-corrected chi connectivity index (χ0v) is 8.22. The van der Waals surface area contributed by atoms with E-state index >= 15 is 0 Å². The summed E-state index contributed by atoms with van der Waals surface area (Å²) in [5, 5.41) is 11.8. The van der Waals surface area contributed by atoms with Gasteiger partial charge in [0.15, 0.2) is 0 Å². The third-order valence-corrected chi connectivity index (χ3v) is 3.86. The molecule has 5 atom stereocenters. The van der Waals surface area contributed by atoms with Crippen molar-refractivity contribution in [3.8, 4) is 0 Å². The first-order valence-electron chi connectivity index (χ1n) is 5.32. The Morgan fingerprint density at radius 3 is 3.00 bits per heavy atom. The lowest BCUT2D eigenvalue weighted by atomic mass is 9.84. The predicted molar refractivity (Wildman–Crippen MR) is 48.3 cm³/mol. The summed E-state index contributed by atoms with van der Waals surface area (Å²) in [5.41, 5.74) is 0. The van der Waals surface area contributed by atoms with E-state index in [2.05, 4.69) is 0 Å². The van der Waals surface area contributed by atoms with Gasteiger partial charge in [-0.25, -0.2) is 0 Å². The first-order chi connectivity index (χ1) is 6.68. The third kappa shape index (κ3) is 0.962. The smallest absolute Gasteiger partial charge is 0.137 e. The van der Waals surface area contributed by atoms with Crippen molar-refractivity contribution in [3.63, 3.8) is 0 Å². The molecule has 3 fully saturated rings. The van der Waals surface area contributed by atoms with Crippen LogP contribution < -0.4 is 0 Å². The van der Waals surface area contributed by atoms with Crippen molar-refractivity contribution in [2.45, 2.75) is 50.5 Å². The molecule has 3 heterocycles. The molecule has 3 aliphatic heterocycles. The van der Waals surface area contributed by atoms with Crippen LogP contribution in [0.15, 0.2) is 0 Å². The molecule has 3 rings (SSSR count). The van der Waals surface area contributed by atoms with Crippen LogP contribution in [0.2, 0.25) is 0 Å². The van der Waals surface area contributed by atoms with E-state index in [0.717, 1.165) is 19.3 Å². The van der Waals surface area contributed by atoms with Crippen LogP contribution in [-0.2, 0) is 9.63 Å². The van der Waals surface area contributed by atoms with Crippen LogP contribution in [0.5, 0.6) is 0 Å². The van der Waals surface area contributed by atoms with Gasteiger partial charge in [-0.1, -0.05) is 0 Å². The molecule has 2 bridgehead atoms. The summed E-state index contributed by atoms with van der Waals surface area (Å²) in [6.45, 7) is 1.61. The second-order valence-electron chi connectivity index (χ2n) is 4.67. The van der Waals surface area contributed by atoms with Crippen LogP contribution in [0.25, 0.3) is 0 Å². The molecule has 5 unspecified atom stereocenters. The van der Waals surface area contributed by atoms with Crippen LogP contribution in [-0.4, -0.2) is 40.2 Å². The number of carbonyl (C=O) groups excluding carboxylic acids is 1. The first-order valence-corrected chi connectivity index (χ1v) is 5.32. The summed E-state index contributed by atoms with van der Waals surface area (Å²) in [6.07, 6.45) is 2.14. The second kappa shape index (κ2) is 2.78. The number of Topliss-reactive ketones (excluding diaryl/α,β-unsaturated/α-hetero) is 1. The summed E-state index contributed by atoms with van der Waals surface area (Å²) < 4.78 is 0. The van der Waals surface area contributed by atoms with Crippen LogP contribution in [0.1, 0.15) is 26.2 Å². The molecular formula is C10H15NO3. The van der Waals surface area contributed by atoms with Crippen LogP contribution in [0.4, 0.5) is 0 Å². The van der Waals surface area contributed by atoms with Crippen molar-refractivity contribution in [2.24, 2.45) is 5.92 Å². The molecule has 0 amide bonds. The van der Waals surface area contributed by atoms with E-state index in [1.54, 1.807) is 6.92 Å². The van der Waals surface area contributed by atoms with E-state index in [0.29, 0.717) is 6.04 Å². The molecular weight excluding hydrogens is 182 g/mol. The largest absolute Gasteiger partial charge is 0.390 e. The molecule has 14 heavy (non-hydrogen) atoms. The lowest BCUT2D eigenvalue weighted by Gasteiger charge is -2.32. The average molecular weight is 197 g/mol. The number of aliphatic hydroxyl groups excluding tert-OH is 1. The van der Waals surface area contributed by atoms with Crippen molar-refractivity contribution >= 4 is 5.78 Å². The summed E-state index contributed by atoms with van der Waals surface area (Å²) in [6, 6.07) is 0.579. The number of aliphatic hydroxyl groups is 1. The minimum atomic E-state index is -0.449. The fourth-order valence-corrected chi connectivity index (χ4v) is 3.26. The zero-order valence-electron chi connectivity index (χ0n) is 8.22. The summed E-state index contributed by atoms with van der Waals surface area (Å²) in [7, 11) is 0. The van der Waals surface area contributed by atoms with E-state index < -0.39 is 6.10 Å². The normalized spacial score (nSPS) is 51.1. The maximum absolute atomic E-state index is 11.5. The Hall–Kier alpha value is -0.450. The van der Waals surface area contributed by atoms with Crippen LogP contribution in [0.3, 0.4) is 0 Å².